The molecule has 2 aliphatic carbocycles. The van der Waals surface area contributed by atoms with Crippen molar-refractivity contribution in [3.05, 3.63) is 41.7 Å². The molecular formula is C18H19N5. The van der Waals surface area contributed by atoms with E-state index < -0.39 is 0 Å². The van der Waals surface area contributed by atoms with Gasteiger partial charge in [0.2, 0.25) is 5.95 Å². The minimum absolute atomic E-state index is 0.624. The summed E-state index contributed by atoms with van der Waals surface area (Å²) in [5.74, 6) is 2.19. The monoisotopic (exact) mass is 305 g/mol. The zero-order chi connectivity index (χ0) is 15.6. The molecule has 23 heavy (non-hydrogen) atoms. The summed E-state index contributed by atoms with van der Waals surface area (Å²) in [6, 6.07) is 8.74. The van der Waals surface area contributed by atoms with E-state index in [0.29, 0.717) is 11.4 Å². The number of nitrogens with zero attached hydrogens (tertiary/aromatic N) is 4. The maximum absolute atomic E-state index is 4.55. The molecule has 0 saturated heterocycles. The van der Waals surface area contributed by atoms with Gasteiger partial charge in [0.1, 0.15) is 0 Å². The van der Waals surface area contributed by atoms with Crippen molar-refractivity contribution in [1.29, 1.82) is 0 Å². The molecule has 3 aromatic rings. The van der Waals surface area contributed by atoms with Crippen LogP contribution in [0.3, 0.4) is 0 Å². The van der Waals surface area contributed by atoms with E-state index in [9.17, 15) is 0 Å². The summed E-state index contributed by atoms with van der Waals surface area (Å²) in [7, 11) is 1.83. The fraction of sp³-hybridized carbons (Fsp3) is 0.389. The van der Waals surface area contributed by atoms with E-state index >= 15 is 0 Å². The lowest BCUT2D eigenvalue weighted by Crippen LogP contribution is -2.05. The van der Waals surface area contributed by atoms with Gasteiger partial charge in [-0.25, -0.2) is 9.67 Å². The van der Waals surface area contributed by atoms with Crippen molar-refractivity contribution >= 4 is 16.9 Å². The Labute approximate surface area is 134 Å². The fourth-order valence-electron chi connectivity index (χ4n) is 3.74. The molecule has 1 aromatic carbocycles. The van der Waals surface area contributed by atoms with Crippen molar-refractivity contribution in [3.8, 4) is 5.82 Å². The normalized spacial score (nSPS) is 20.9. The average Bonchev–Trinajstić information content (AvgIpc) is 3.45. The summed E-state index contributed by atoms with van der Waals surface area (Å²) >= 11 is 0. The number of fused-ring (bicyclic) bond motifs is 1. The predicted octanol–water partition coefficient (Wildman–Crippen LogP) is 3.43. The van der Waals surface area contributed by atoms with Gasteiger partial charge >= 0.3 is 0 Å². The summed E-state index contributed by atoms with van der Waals surface area (Å²) in [6.45, 7) is 1.98. The second-order valence-corrected chi connectivity index (χ2v) is 6.93. The van der Waals surface area contributed by atoms with Gasteiger partial charge in [0, 0.05) is 24.2 Å². The standard InChI is InChI=1S/C18H19N5/c1-11-7-16(22-17(19-2)21-11)23-15-8-12(3-4-13(15)10-20-23)14-9-18(14)5-6-18/h3-4,7-8,10,14H,5-6,9H2,1-2H3,(H,19,21,22)/t14-/m0/s1. The van der Waals surface area contributed by atoms with Gasteiger partial charge in [-0.15, -0.1) is 0 Å². The highest BCUT2D eigenvalue weighted by Gasteiger charge is 2.62. The van der Waals surface area contributed by atoms with Gasteiger partial charge in [-0.05, 0) is 49.1 Å². The average molecular weight is 305 g/mol. The van der Waals surface area contributed by atoms with E-state index in [-0.39, 0.29) is 0 Å². The van der Waals surface area contributed by atoms with Gasteiger partial charge in [0.25, 0.3) is 0 Å². The number of nitrogens with one attached hydrogen (secondary N) is 1. The molecule has 5 rings (SSSR count). The molecule has 0 unspecified atom stereocenters. The molecule has 2 fully saturated rings. The van der Waals surface area contributed by atoms with Crippen molar-refractivity contribution in [2.45, 2.75) is 32.1 Å². The van der Waals surface area contributed by atoms with Crippen LogP contribution in [0.1, 0.15) is 36.4 Å². The molecule has 0 bridgehead atoms. The Bertz CT molecular complexity index is 922. The van der Waals surface area contributed by atoms with Crippen LogP contribution in [0.2, 0.25) is 0 Å². The minimum atomic E-state index is 0.624. The zero-order valence-corrected chi connectivity index (χ0v) is 13.4. The highest BCUT2D eigenvalue weighted by molar-refractivity contribution is 5.81. The third-order valence-corrected chi connectivity index (χ3v) is 5.36. The summed E-state index contributed by atoms with van der Waals surface area (Å²) in [4.78, 5) is 8.92. The molecule has 5 heteroatoms. The summed E-state index contributed by atoms with van der Waals surface area (Å²) in [5, 5.41) is 8.72. The second-order valence-electron chi connectivity index (χ2n) is 6.93. The molecule has 0 radical (unpaired) electrons. The van der Waals surface area contributed by atoms with Gasteiger partial charge in [0.15, 0.2) is 5.82 Å². The van der Waals surface area contributed by atoms with Crippen LogP contribution in [0.4, 0.5) is 5.95 Å². The van der Waals surface area contributed by atoms with Crippen LogP contribution in [-0.2, 0) is 0 Å². The number of benzene rings is 1. The van der Waals surface area contributed by atoms with E-state index in [1.165, 1.54) is 24.8 Å². The molecule has 1 spiro atoms. The van der Waals surface area contributed by atoms with Gasteiger partial charge < -0.3 is 5.32 Å². The predicted molar refractivity (Wildman–Crippen MR) is 90.0 cm³/mol. The second kappa shape index (κ2) is 4.31. The third-order valence-electron chi connectivity index (χ3n) is 5.36. The third kappa shape index (κ3) is 1.96. The first-order valence-corrected chi connectivity index (χ1v) is 8.20. The molecule has 2 saturated carbocycles. The van der Waals surface area contributed by atoms with Crippen molar-refractivity contribution < 1.29 is 0 Å². The molecule has 2 aromatic heterocycles. The minimum Gasteiger partial charge on any atom is -0.357 e. The summed E-state index contributed by atoms with van der Waals surface area (Å²) in [5.41, 5.74) is 4.18. The molecular weight excluding hydrogens is 286 g/mol. The zero-order valence-electron chi connectivity index (χ0n) is 13.4. The lowest BCUT2D eigenvalue weighted by atomic mass is 10.1. The van der Waals surface area contributed by atoms with E-state index in [1.807, 2.05) is 30.9 Å². The van der Waals surface area contributed by atoms with Crippen LogP contribution in [-0.4, -0.2) is 26.8 Å². The Hall–Kier alpha value is -2.43. The Morgan fingerprint density at radius 3 is 2.83 bits per heavy atom. The van der Waals surface area contributed by atoms with Crippen LogP contribution < -0.4 is 5.32 Å². The summed E-state index contributed by atoms with van der Waals surface area (Å²) < 4.78 is 1.93. The number of hydrogen-bond donors (Lipinski definition) is 1. The van der Waals surface area contributed by atoms with E-state index in [2.05, 4.69) is 38.6 Å². The van der Waals surface area contributed by atoms with Gasteiger partial charge in [0.05, 0.1) is 11.7 Å². The maximum atomic E-state index is 4.55. The highest BCUT2D eigenvalue weighted by atomic mass is 15.3. The number of hydrogen-bond acceptors (Lipinski definition) is 4. The molecule has 0 amide bonds. The molecule has 116 valence electrons. The quantitative estimate of drug-likeness (QED) is 0.805. The number of aryl methyl sites for hydroxylation is 1. The SMILES string of the molecule is CNc1nc(C)cc(-n2ncc3ccc([C@@H]4CC45CC5)cc32)n1. The van der Waals surface area contributed by atoms with Crippen LogP contribution in [0.25, 0.3) is 16.7 Å². The molecule has 5 nitrogen and oxygen atoms in total. The lowest BCUT2D eigenvalue weighted by Gasteiger charge is -2.07. The largest absolute Gasteiger partial charge is 0.357 e. The molecule has 1 atom stereocenters. The van der Waals surface area contributed by atoms with Crippen molar-refractivity contribution in [3.63, 3.8) is 0 Å². The Kier molecular flexibility index (Phi) is 2.45. The fourth-order valence-corrected chi connectivity index (χ4v) is 3.74. The summed E-state index contributed by atoms with van der Waals surface area (Å²) in [6.07, 6.45) is 6.09. The number of rotatable bonds is 3. The number of aromatic nitrogens is 4. The molecule has 1 N–H and O–H groups in total. The topological polar surface area (TPSA) is 55.6 Å². The van der Waals surface area contributed by atoms with Crippen LogP contribution >= 0.6 is 0 Å². The number of anilines is 1. The van der Waals surface area contributed by atoms with Crippen molar-refractivity contribution in [2.24, 2.45) is 5.41 Å². The van der Waals surface area contributed by atoms with Gasteiger partial charge in [-0.2, -0.15) is 10.1 Å². The first kappa shape index (κ1) is 13.0. The molecule has 2 aliphatic rings. The van der Waals surface area contributed by atoms with E-state index in [0.717, 1.165) is 28.3 Å². The lowest BCUT2D eigenvalue weighted by molar-refractivity contribution is 0.837. The van der Waals surface area contributed by atoms with Crippen LogP contribution in [0.5, 0.6) is 0 Å². The van der Waals surface area contributed by atoms with Gasteiger partial charge in [-0.3, -0.25) is 0 Å². The van der Waals surface area contributed by atoms with Gasteiger partial charge in [-0.1, -0.05) is 12.1 Å². The smallest absolute Gasteiger partial charge is 0.224 e. The van der Waals surface area contributed by atoms with Crippen molar-refractivity contribution in [2.75, 3.05) is 12.4 Å². The maximum Gasteiger partial charge on any atom is 0.224 e. The first-order chi connectivity index (χ1) is 11.2. The van der Waals surface area contributed by atoms with E-state index in [4.69, 9.17) is 0 Å². The Morgan fingerprint density at radius 1 is 1.22 bits per heavy atom. The van der Waals surface area contributed by atoms with E-state index in [1.54, 1.807) is 0 Å². The molecule has 2 heterocycles. The first-order valence-electron chi connectivity index (χ1n) is 8.20. The Balaban J connectivity index is 1.63. The van der Waals surface area contributed by atoms with Crippen LogP contribution in [0.15, 0.2) is 30.5 Å². The molecule has 0 aliphatic heterocycles. The highest BCUT2D eigenvalue weighted by Crippen LogP contribution is 2.75. The van der Waals surface area contributed by atoms with Crippen LogP contribution in [0, 0.1) is 12.3 Å². The Morgan fingerprint density at radius 2 is 2.09 bits per heavy atom. The van der Waals surface area contributed by atoms with Crippen molar-refractivity contribution in [1.82, 2.24) is 19.7 Å².